The number of benzene rings is 2. The SMILES string of the molecule is Cc1ccc(C)c(S(=O)(=O)NN=Cc2ccc(OC(F)F)cc2)c1. The summed E-state index contributed by atoms with van der Waals surface area (Å²) in [5, 5.41) is 3.70. The Kier molecular flexibility index (Phi) is 5.50. The molecule has 2 rings (SSSR count). The van der Waals surface area contributed by atoms with Crippen LogP contribution in [0.1, 0.15) is 16.7 Å². The van der Waals surface area contributed by atoms with E-state index in [2.05, 4.69) is 14.7 Å². The molecule has 1 N–H and O–H groups in total. The number of rotatable bonds is 6. The quantitative estimate of drug-likeness (QED) is 0.640. The van der Waals surface area contributed by atoms with E-state index in [1.54, 1.807) is 26.0 Å². The highest BCUT2D eigenvalue weighted by Gasteiger charge is 2.15. The Hall–Kier alpha value is -2.48. The summed E-state index contributed by atoms with van der Waals surface area (Å²) in [4.78, 5) is 2.28. The zero-order valence-corrected chi connectivity index (χ0v) is 13.8. The molecule has 24 heavy (non-hydrogen) atoms. The summed E-state index contributed by atoms with van der Waals surface area (Å²) in [6.45, 7) is 0.596. The van der Waals surface area contributed by atoms with Crippen LogP contribution in [0.5, 0.6) is 5.75 Å². The maximum absolute atomic E-state index is 12.2. The molecule has 0 aliphatic heterocycles. The first-order chi connectivity index (χ1) is 11.3. The van der Waals surface area contributed by atoms with Gasteiger partial charge >= 0.3 is 6.61 Å². The van der Waals surface area contributed by atoms with Gasteiger partial charge in [0.15, 0.2) is 0 Å². The van der Waals surface area contributed by atoms with Gasteiger partial charge in [-0.25, -0.2) is 4.83 Å². The van der Waals surface area contributed by atoms with Gasteiger partial charge in [-0.1, -0.05) is 12.1 Å². The third kappa shape index (κ3) is 4.76. The number of nitrogens with one attached hydrogen (secondary N) is 1. The number of ether oxygens (including phenoxy) is 1. The lowest BCUT2D eigenvalue weighted by molar-refractivity contribution is -0.0498. The summed E-state index contributed by atoms with van der Waals surface area (Å²) >= 11 is 0. The summed E-state index contributed by atoms with van der Waals surface area (Å²) in [7, 11) is -3.78. The molecule has 0 aromatic heterocycles. The zero-order valence-electron chi connectivity index (χ0n) is 13.0. The molecular weight excluding hydrogens is 338 g/mol. The van der Waals surface area contributed by atoms with Crippen molar-refractivity contribution in [1.82, 2.24) is 4.83 Å². The molecule has 0 amide bonds. The van der Waals surface area contributed by atoms with Crippen molar-refractivity contribution in [2.45, 2.75) is 25.4 Å². The average molecular weight is 354 g/mol. The Morgan fingerprint density at radius 2 is 1.79 bits per heavy atom. The van der Waals surface area contributed by atoms with Crippen LogP contribution in [0.2, 0.25) is 0 Å². The molecule has 2 aromatic carbocycles. The number of alkyl halides is 2. The number of hydrazone groups is 1. The lowest BCUT2D eigenvalue weighted by atomic mass is 10.2. The van der Waals surface area contributed by atoms with Crippen LogP contribution < -0.4 is 9.57 Å². The Labute approximate surface area is 139 Å². The Morgan fingerprint density at radius 1 is 1.12 bits per heavy atom. The lowest BCUT2D eigenvalue weighted by Crippen LogP contribution is -2.19. The van der Waals surface area contributed by atoms with Gasteiger partial charge in [0.25, 0.3) is 10.0 Å². The molecule has 0 fully saturated rings. The van der Waals surface area contributed by atoms with Gasteiger partial charge in [-0.2, -0.15) is 22.3 Å². The first-order valence-corrected chi connectivity index (χ1v) is 8.43. The molecular formula is C16H16F2N2O3S. The first-order valence-electron chi connectivity index (χ1n) is 6.95. The topological polar surface area (TPSA) is 67.8 Å². The van der Waals surface area contributed by atoms with Crippen molar-refractivity contribution in [1.29, 1.82) is 0 Å². The highest BCUT2D eigenvalue weighted by molar-refractivity contribution is 7.89. The number of halogens is 2. The van der Waals surface area contributed by atoms with Crippen LogP contribution in [0.3, 0.4) is 0 Å². The Bertz CT molecular complexity index is 835. The number of aryl methyl sites for hydroxylation is 2. The van der Waals surface area contributed by atoms with Crippen LogP contribution in [0.4, 0.5) is 8.78 Å². The van der Waals surface area contributed by atoms with Gasteiger partial charge in [0, 0.05) is 0 Å². The largest absolute Gasteiger partial charge is 0.435 e. The molecule has 0 radical (unpaired) electrons. The molecule has 0 aliphatic carbocycles. The molecule has 128 valence electrons. The fourth-order valence-electron chi connectivity index (χ4n) is 1.95. The highest BCUT2D eigenvalue weighted by atomic mass is 32.2. The zero-order chi connectivity index (χ0) is 17.7. The predicted molar refractivity (Wildman–Crippen MR) is 86.9 cm³/mol. The van der Waals surface area contributed by atoms with E-state index in [1.807, 2.05) is 6.07 Å². The van der Waals surface area contributed by atoms with E-state index >= 15 is 0 Å². The van der Waals surface area contributed by atoms with Crippen LogP contribution in [-0.2, 0) is 10.0 Å². The molecule has 2 aromatic rings. The van der Waals surface area contributed by atoms with Gasteiger partial charge in [-0.15, -0.1) is 0 Å². The van der Waals surface area contributed by atoms with Gasteiger partial charge < -0.3 is 4.74 Å². The number of nitrogens with zero attached hydrogens (tertiary/aromatic N) is 1. The molecule has 5 nitrogen and oxygen atoms in total. The van der Waals surface area contributed by atoms with E-state index in [1.165, 1.54) is 30.5 Å². The molecule has 0 aliphatic rings. The fraction of sp³-hybridized carbons (Fsp3) is 0.188. The standard InChI is InChI=1S/C16H16F2N2O3S/c1-11-3-4-12(2)15(9-11)24(21,22)20-19-10-13-5-7-14(8-6-13)23-16(17)18/h3-10,16,20H,1-2H3. The second-order valence-corrected chi connectivity index (χ2v) is 6.70. The van der Waals surface area contributed by atoms with Crippen molar-refractivity contribution in [2.24, 2.45) is 5.10 Å². The van der Waals surface area contributed by atoms with Gasteiger partial charge in [0.2, 0.25) is 0 Å². The summed E-state index contributed by atoms with van der Waals surface area (Å²) in [5.74, 6) is 0.0121. The van der Waals surface area contributed by atoms with E-state index < -0.39 is 16.6 Å². The second-order valence-electron chi connectivity index (χ2n) is 5.07. The molecule has 0 saturated heterocycles. The maximum atomic E-state index is 12.2. The van der Waals surface area contributed by atoms with E-state index in [-0.39, 0.29) is 10.6 Å². The van der Waals surface area contributed by atoms with E-state index in [9.17, 15) is 17.2 Å². The Morgan fingerprint density at radius 3 is 2.42 bits per heavy atom. The first kappa shape index (κ1) is 17.9. The molecule has 0 spiro atoms. The minimum absolute atomic E-state index is 0.0121. The molecule has 8 heteroatoms. The highest BCUT2D eigenvalue weighted by Crippen LogP contribution is 2.17. The summed E-state index contributed by atoms with van der Waals surface area (Å²) in [5.41, 5.74) is 1.96. The smallest absolute Gasteiger partial charge is 0.387 e. The van der Waals surface area contributed by atoms with Gasteiger partial charge in [-0.3, -0.25) is 0 Å². The van der Waals surface area contributed by atoms with Crippen LogP contribution in [0, 0.1) is 13.8 Å². The third-order valence-corrected chi connectivity index (χ3v) is 4.49. The molecule has 0 unspecified atom stereocenters. The van der Waals surface area contributed by atoms with Crippen molar-refractivity contribution in [3.05, 3.63) is 59.2 Å². The predicted octanol–water partition coefficient (Wildman–Crippen LogP) is 3.22. The third-order valence-electron chi connectivity index (χ3n) is 3.12. The lowest BCUT2D eigenvalue weighted by Gasteiger charge is -2.07. The van der Waals surface area contributed by atoms with Crippen molar-refractivity contribution >= 4 is 16.2 Å². The minimum atomic E-state index is -3.78. The average Bonchev–Trinajstić information content (AvgIpc) is 2.50. The number of hydrogen-bond donors (Lipinski definition) is 1. The molecule has 0 heterocycles. The van der Waals surface area contributed by atoms with Gasteiger partial charge in [0.05, 0.1) is 11.1 Å². The van der Waals surface area contributed by atoms with E-state index in [0.717, 1.165) is 5.56 Å². The Balaban J connectivity index is 2.08. The normalized spacial score (nSPS) is 11.9. The minimum Gasteiger partial charge on any atom is -0.435 e. The number of sulfonamides is 1. The summed E-state index contributed by atoms with van der Waals surface area (Å²) in [6, 6.07) is 10.7. The van der Waals surface area contributed by atoms with Crippen LogP contribution in [-0.4, -0.2) is 21.2 Å². The molecule has 0 atom stereocenters. The van der Waals surface area contributed by atoms with Crippen molar-refractivity contribution in [2.75, 3.05) is 0 Å². The van der Waals surface area contributed by atoms with Crippen molar-refractivity contribution in [3.8, 4) is 5.75 Å². The van der Waals surface area contributed by atoms with Crippen molar-refractivity contribution in [3.63, 3.8) is 0 Å². The monoisotopic (exact) mass is 354 g/mol. The molecule has 0 saturated carbocycles. The summed E-state index contributed by atoms with van der Waals surface area (Å²) < 4.78 is 52.8. The van der Waals surface area contributed by atoms with E-state index in [4.69, 9.17) is 0 Å². The second kappa shape index (κ2) is 7.39. The summed E-state index contributed by atoms with van der Waals surface area (Å²) in [6.07, 6.45) is 1.27. The van der Waals surface area contributed by atoms with Crippen molar-refractivity contribution < 1.29 is 21.9 Å². The van der Waals surface area contributed by atoms with Crippen LogP contribution >= 0.6 is 0 Å². The number of hydrogen-bond acceptors (Lipinski definition) is 4. The van der Waals surface area contributed by atoms with Crippen LogP contribution in [0.25, 0.3) is 0 Å². The van der Waals surface area contributed by atoms with Gasteiger partial charge in [-0.05, 0) is 60.9 Å². The van der Waals surface area contributed by atoms with Gasteiger partial charge in [0.1, 0.15) is 5.75 Å². The van der Waals surface area contributed by atoms with E-state index in [0.29, 0.717) is 11.1 Å². The van der Waals surface area contributed by atoms with Crippen LogP contribution in [0.15, 0.2) is 52.5 Å². The maximum Gasteiger partial charge on any atom is 0.387 e. The fourth-order valence-corrected chi connectivity index (χ4v) is 3.07. The molecule has 0 bridgehead atoms.